The molecule has 1 aliphatic carbocycles. The number of hydrogen-bond acceptors (Lipinski definition) is 3. The van der Waals surface area contributed by atoms with Crippen LogP contribution in [0.4, 0.5) is 0 Å². The quantitative estimate of drug-likeness (QED) is 0.242. The topological polar surface area (TPSA) is 182 Å². The molecule has 0 radical (unpaired) electrons. The van der Waals surface area contributed by atoms with Crippen molar-refractivity contribution in [3.05, 3.63) is 13.2 Å². The van der Waals surface area contributed by atoms with E-state index in [0.717, 1.165) is 0 Å². The Morgan fingerprint density at radius 3 is 1.11 bits per heavy atom. The van der Waals surface area contributed by atoms with Crippen LogP contribution in [0.1, 0.15) is 32.1 Å². The molecule has 118 valence electrons. The molecule has 1 aliphatic rings. The maximum Gasteiger partial charge on any atom is 0.466 e. The molecule has 1 fully saturated rings. The lowest BCUT2D eigenvalue weighted by Gasteiger charge is -2.15. The van der Waals surface area contributed by atoms with Gasteiger partial charge >= 0.3 is 15.6 Å². The van der Waals surface area contributed by atoms with E-state index >= 15 is 0 Å². The van der Waals surface area contributed by atoms with Crippen LogP contribution in [0.5, 0.6) is 0 Å². The van der Waals surface area contributed by atoms with Crippen LogP contribution in [0.15, 0.2) is 13.2 Å². The Bertz CT molecular complexity index is 246. The molecule has 0 aromatic carbocycles. The van der Waals surface area contributed by atoms with Gasteiger partial charge in [0.2, 0.25) is 0 Å². The van der Waals surface area contributed by atoms with E-state index < -0.39 is 15.6 Å². The zero-order valence-corrected chi connectivity index (χ0v) is 12.3. The van der Waals surface area contributed by atoms with Crippen LogP contribution in [-0.2, 0) is 9.13 Å². The first-order valence-corrected chi connectivity index (χ1v) is 8.35. The Morgan fingerprint density at radius 2 is 1.00 bits per heavy atom. The van der Waals surface area contributed by atoms with Gasteiger partial charge in [0.1, 0.15) is 0 Å². The summed E-state index contributed by atoms with van der Waals surface area (Å²) in [6.45, 7) is 6.00. The third-order valence-corrected chi connectivity index (χ3v) is 1.65. The van der Waals surface area contributed by atoms with Crippen LogP contribution in [-0.4, -0.2) is 35.4 Å². The van der Waals surface area contributed by atoms with Gasteiger partial charge in [0.25, 0.3) is 0 Å². The van der Waals surface area contributed by atoms with Crippen molar-refractivity contribution >= 4 is 15.6 Å². The Balaban J connectivity index is -0.000000194. The summed E-state index contributed by atoms with van der Waals surface area (Å²) in [5.41, 5.74) is 5.63. The van der Waals surface area contributed by atoms with Gasteiger partial charge < -0.3 is 35.1 Å². The van der Waals surface area contributed by atoms with Crippen molar-refractivity contribution in [3.63, 3.8) is 0 Å². The molecule has 0 aromatic heterocycles. The molecule has 0 amide bonds. The molecule has 19 heavy (non-hydrogen) atoms. The summed E-state index contributed by atoms with van der Waals surface area (Å²) in [6.07, 6.45) is 6.66. The minimum Gasteiger partial charge on any atom is -0.328 e. The molecule has 0 aliphatic heterocycles. The largest absolute Gasteiger partial charge is 0.466 e. The van der Waals surface area contributed by atoms with Gasteiger partial charge in [-0.1, -0.05) is 19.3 Å². The van der Waals surface area contributed by atoms with Gasteiger partial charge in [-0.05, 0) is 12.8 Å². The molecule has 0 heterocycles. The summed E-state index contributed by atoms with van der Waals surface area (Å²) in [7, 11) is -9.28. The predicted molar refractivity (Wildman–Crippen MR) is 70.8 cm³/mol. The van der Waals surface area contributed by atoms with Crippen molar-refractivity contribution in [3.8, 4) is 0 Å². The van der Waals surface area contributed by atoms with E-state index in [9.17, 15) is 0 Å². The molecular formula is C8H23NO8P2. The molecule has 8 N–H and O–H groups in total. The molecule has 9 nitrogen and oxygen atoms in total. The Labute approximate surface area is 112 Å². The van der Waals surface area contributed by atoms with Crippen molar-refractivity contribution in [2.45, 2.75) is 38.1 Å². The van der Waals surface area contributed by atoms with E-state index in [4.69, 9.17) is 44.2 Å². The van der Waals surface area contributed by atoms with Crippen molar-refractivity contribution < 1.29 is 38.5 Å². The predicted octanol–water partition coefficient (Wildman–Crippen LogP) is 0.223. The van der Waals surface area contributed by atoms with E-state index in [2.05, 4.69) is 13.2 Å². The van der Waals surface area contributed by atoms with Gasteiger partial charge in [0.15, 0.2) is 0 Å². The minimum absolute atomic E-state index is 0.536. The SMILES string of the molecule is C=C.NC1CCCCC1.O=P(O)(O)O.O=P(O)(O)O. The van der Waals surface area contributed by atoms with E-state index in [-0.39, 0.29) is 0 Å². The second kappa shape index (κ2) is 12.9. The zero-order chi connectivity index (χ0) is 16.1. The van der Waals surface area contributed by atoms with Gasteiger partial charge in [0, 0.05) is 6.04 Å². The second-order valence-corrected chi connectivity index (χ2v) is 5.48. The number of phosphoric acid groups is 2. The fourth-order valence-electron chi connectivity index (χ4n) is 1.13. The van der Waals surface area contributed by atoms with Gasteiger partial charge in [-0.25, -0.2) is 9.13 Å². The summed E-state index contributed by atoms with van der Waals surface area (Å²) in [5, 5.41) is 0. The summed E-state index contributed by atoms with van der Waals surface area (Å²) in [5.74, 6) is 0. The first kappa shape index (κ1) is 24.0. The van der Waals surface area contributed by atoms with Crippen LogP contribution in [0.25, 0.3) is 0 Å². The molecule has 0 saturated heterocycles. The lowest BCUT2D eigenvalue weighted by molar-refractivity contribution is 0.272. The Kier molecular flexibility index (Phi) is 16.3. The monoisotopic (exact) mass is 323 g/mol. The molecule has 0 unspecified atom stereocenters. The normalized spacial score (nSPS) is 15.7. The molecule has 0 bridgehead atoms. The smallest absolute Gasteiger partial charge is 0.328 e. The molecule has 1 saturated carbocycles. The molecule has 11 heteroatoms. The molecular weight excluding hydrogens is 300 g/mol. The minimum atomic E-state index is -4.64. The highest BCUT2D eigenvalue weighted by Crippen LogP contribution is 2.26. The van der Waals surface area contributed by atoms with Gasteiger partial charge in [-0.2, -0.15) is 0 Å². The van der Waals surface area contributed by atoms with Crippen LogP contribution >= 0.6 is 15.6 Å². The lowest BCUT2D eigenvalue weighted by atomic mass is 9.97. The van der Waals surface area contributed by atoms with Crippen LogP contribution in [0.3, 0.4) is 0 Å². The number of hydrogen-bond donors (Lipinski definition) is 7. The van der Waals surface area contributed by atoms with Crippen molar-refractivity contribution in [2.75, 3.05) is 0 Å². The molecule has 0 aromatic rings. The van der Waals surface area contributed by atoms with Crippen LogP contribution in [0, 0.1) is 0 Å². The van der Waals surface area contributed by atoms with Gasteiger partial charge in [-0.3, -0.25) is 0 Å². The fraction of sp³-hybridized carbons (Fsp3) is 0.750. The zero-order valence-electron chi connectivity index (χ0n) is 10.5. The Morgan fingerprint density at radius 1 is 0.789 bits per heavy atom. The van der Waals surface area contributed by atoms with Gasteiger partial charge in [-0.15, -0.1) is 13.2 Å². The maximum absolute atomic E-state index is 8.88. The van der Waals surface area contributed by atoms with Crippen molar-refractivity contribution in [2.24, 2.45) is 5.73 Å². The summed E-state index contributed by atoms with van der Waals surface area (Å²) >= 11 is 0. The summed E-state index contributed by atoms with van der Waals surface area (Å²) in [6, 6.07) is 0.536. The van der Waals surface area contributed by atoms with Crippen LogP contribution in [0.2, 0.25) is 0 Å². The Hall–Kier alpha value is -0.0800. The van der Waals surface area contributed by atoms with E-state index in [0.29, 0.717) is 6.04 Å². The first-order chi connectivity index (χ1) is 8.39. The van der Waals surface area contributed by atoms with Crippen molar-refractivity contribution in [1.29, 1.82) is 0 Å². The highest BCUT2D eigenvalue weighted by molar-refractivity contribution is 7.45. The van der Waals surface area contributed by atoms with Gasteiger partial charge in [0.05, 0.1) is 0 Å². The lowest BCUT2D eigenvalue weighted by Crippen LogP contribution is -2.22. The second-order valence-electron chi connectivity index (χ2n) is 3.42. The summed E-state index contributed by atoms with van der Waals surface area (Å²) < 4.78 is 17.8. The molecule has 0 atom stereocenters. The molecule has 1 rings (SSSR count). The van der Waals surface area contributed by atoms with E-state index in [1.54, 1.807) is 0 Å². The van der Waals surface area contributed by atoms with E-state index in [1.807, 2.05) is 0 Å². The average molecular weight is 323 g/mol. The van der Waals surface area contributed by atoms with Crippen molar-refractivity contribution in [1.82, 2.24) is 0 Å². The fourth-order valence-corrected chi connectivity index (χ4v) is 1.13. The third kappa shape index (κ3) is 72.4. The van der Waals surface area contributed by atoms with Crippen LogP contribution < -0.4 is 5.73 Å². The van der Waals surface area contributed by atoms with E-state index in [1.165, 1.54) is 32.1 Å². The number of nitrogens with two attached hydrogens (primary N) is 1. The first-order valence-electron chi connectivity index (χ1n) is 5.21. The maximum atomic E-state index is 8.88. The standard InChI is InChI=1S/C6H13N.C2H4.2H3O4P/c7-6-4-2-1-3-5-6;1-2;2*1-5(2,3)4/h6H,1-5,7H2;1-2H2;2*(H3,1,2,3,4). The number of rotatable bonds is 0. The highest BCUT2D eigenvalue weighted by Gasteiger charge is 2.06. The highest BCUT2D eigenvalue weighted by atomic mass is 31.2. The third-order valence-electron chi connectivity index (χ3n) is 1.65. The molecule has 0 spiro atoms. The summed E-state index contributed by atoms with van der Waals surface area (Å²) in [4.78, 5) is 43.1. The average Bonchev–Trinajstić information content (AvgIpc) is 2.16.